The zero-order valence-electron chi connectivity index (χ0n) is 12.5. The molecule has 21 heavy (non-hydrogen) atoms. The Hall–Kier alpha value is -1.91. The lowest BCUT2D eigenvalue weighted by molar-refractivity contribution is -0.149. The minimum absolute atomic E-state index is 0.319. The van der Waals surface area contributed by atoms with Crippen molar-refractivity contribution in [3.63, 3.8) is 0 Å². The lowest BCUT2D eigenvalue weighted by Crippen LogP contribution is -2.35. The number of hydrogen-bond donors (Lipinski definition) is 1. The quantitative estimate of drug-likeness (QED) is 0.622. The molecule has 0 aromatic rings. The van der Waals surface area contributed by atoms with E-state index in [4.69, 9.17) is 5.11 Å². The van der Waals surface area contributed by atoms with Crippen LogP contribution in [0.15, 0.2) is 23.3 Å². The average Bonchev–Trinajstić information content (AvgIpc) is 2.63. The molecule has 114 valence electrons. The third-order valence-corrected chi connectivity index (χ3v) is 4.11. The van der Waals surface area contributed by atoms with Gasteiger partial charge in [0.2, 0.25) is 11.8 Å². The fourth-order valence-electron chi connectivity index (χ4n) is 3.05. The smallest absolute Gasteiger partial charge is 0.323 e. The van der Waals surface area contributed by atoms with Gasteiger partial charge in [-0.3, -0.25) is 19.3 Å². The fraction of sp³-hybridized carbons (Fsp3) is 0.562. The largest absolute Gasteiger partial charge is 0.480 e. The van der Waals surface area contributed by atoms with Gasteiger partial charge < -0.3 is 5.11 Å². The Kier molecular flexibility index (Phi) is 4.60. The molecule has 0 spiro atoms. The van der Waals surface area contributed by atoms with Gasteiger partial charge in [0.15, 0.2) is 0 Å². The molecule has 2 rings (SSSR count). The summed E-state index contributed by atoms with van der Waals surface area (Å²) in [7, 11) is 0. The van der Waals surface area contributed by atoms with Crippen molar-refractivity contribution in [1.82, 2.24) is 4.90 Å². The first-order chi connectivity index (χ1) is 9.90. The Morgan fingerprint density at radius 1 is 1.33 bits per heavy atom. The zero-order valence-corrected chi connectivity index (χ0v) is 12.5. The number of allylic oxidation sites excluding steroid dienone is 4. The molecule has 2 amide bonds. The van der Waals surface area contributed by atoms with Crippen molar-refractivity contribution in [3.05, 3.63) is 23.3 Å². The maximum absolute atomic E-state index is 12.2. The predicted molar refractivity (Wildman–Crippen MR) is 77.3 cm³/mol. The second-order valence-corrected chi connectivity index (χ2v) is 5.99. The van der Waals surface area contributed by atoms with Gasteiger partial charge in [-0.2, -0.15) is 0 Å². The number of imide groups is 1. The van der Waals surface area contributed by atoms with Gasteiger partial charge in [0.1, 0.15) is 6.54 Å². The second kappa shape index (κ2) is 6.24. The number of carboxylic acid groups (broad SMARTS) is 1. The molecule has 0 saturated carbocycles. The van der Waals surface area contributed by atoms with Crippen LogP contribution in [-0.4, -0.2) is 34.3 Å². The number of likely N-dealkylation sites (tertiary alicyclic amines) is 1. The van der Waals surface area contributed by atoms with Gasteiger partial charge in [-0.05, 0) is 39.5 Å². The second-order valence-electron chi connectivity index (χ2n) is 5.99. The Bertz CT molecular complexity index is 528. The highest BCUT2D eigenvalue weighted by Crippen LogP contribution is 2.38. The van der Waals surface area contributed by atoms with E-state index in [-0.39, 0.29) is 23.7 Å². The molecule has 5 heteroatoms. The van der Waals surface area contributed by atoms with Gasteiger partial charge >= 0.3 is 5.97 Å². The molecule has 2 unspecified atom stereocenters. The van der Waals surface area contributed by atoms with Crippen LogP contribution in [0.2, 0.25) is 0 Å². The van der Waals surface area contributed by atoms with Crippen LogP contribution in [0.1, 0.15) is 39.5 Å². The summed E-state index contributed by atoms with van der Waals surface area (Å²) in [5, 5.41) is 8.80. The lowest BCUT2D eigenvalue weighted by Gasteiger charge is -2.21. The molecule has 0 bridgehead atoms. The SMILES string of the molecule is CC(C)=CCCC1=CCC2C(=O)N(CC(=O)O)C(=O)C2C1. The minimum atomic E-state index is -1.15. The Morgan fingerprint density at radius 2 is 2.00 bits per heavy atom. The summed E-state index contributed by atoms with van der Waals surface area (Å²) < 4.78 is 0. The number of amides is 2. The fourth-order valence-corrected chi connectivity index (χ4v) is 3.05. The third kappa shape index (κ3) is 3.40. The lowest BCUT2D eigenvalue weighted by atomic mass is 9.80. The number of carbonyl (C=O) groups excluding carboxylic acids is 2. The summed E-state index contributed by atoms with van der Waals surface area (Å²) >= 11 is 0. The molecule has 1 fully saturated rings. The molecule has 2 aliphatic rings. The topological polar surface area (TPSA) is 74.7 Å². The molecule has 1 N–H and O–H groups in total. The van der Waals surface area contributed by atoms with E-state index in [1.807, 2.05) is 13.8 Å². The van der Waals surface area contributed by atoms with E-state index in [2.05, 4.69) is 12.2 Å². The van der Waals surface area contributed by atoms with E-state index in [1.54, 1.807) is 0 Å². The molecule has 5 nitrogen and oxygen atoms in total. The summed E-state index contributed by atoms with van der Waals surface area (Å²) in [5.41, 5.74) is 2.47. The number of nitrogens with zero attached hydrogens (tertiary/aromatic N) is 1. The summed E-state index contributed by atoms with van der Waals surface area (Å²) in [5.74, 6) is -2.51. The van der Waals surface area contributed by atoms with Gasteiger partial charge in [-0.1, -0.05) is 23.3 Å². The van der Waals surface area contributed by atoms with Gasteiger partial charge in [0, 0.05) is 0 Å². The van der Waals surface area contributed by atoms with Gasteiger partial charge in [-0.15, -0.1) is 0 Å². The van der Waals surface area contributed by atoms with Crippen molar-refractivity contribution in [3.8, 4) is 0 Å². The van der Waals surface area contributed by atoms with Crippen molar-refractivity contribution < 1.29 is 19.5 Å². The molecule has 1 aliphatic heterocycles. The molecule has 0 aromatic heterocycles. The van der Waals surface area contributed by atoms with Gasteiger partial charge in [0.25, 0.3) is 0 Å². The van der Waals surface area contributed by atoms with Gasteiger partial charge in [0.05, 0.1) is 11.8 Å². The summed E-state index contributed by atoms with van der Waals surface area (Å²) in [6.45, 7) is 3.58. The standard InChI is InChI=1S/C16H21NO4/c1-10(2)4-3-5-11-6-7-12-13(8-11)16(21)17(15(12)20)9-14(18)19/h4,6,12-13H,3,5,7-9H2,1-2H3,(H,18,19). The maximum Gasteiger partial charge on any atom is 0.323 e. The van der Waals surface area contributed by atoms with Crippen molar-refractivity contribution >= 4 is 17.8 Å². The van der Waals surface area contributed by atoms with Crippen LogP contribution < -0.4 is 0 Å². The third-order valence-electron chi connectivity index (χ3n) is 4.11. The summed E-state index contributed by atoms with van der Waals surface area (Å²) in [6, 6.07) is 0. The van der Waals surface area contributed by atoms with Crippen molar-refractivity contribution in [2.45, 2.75) is 39.5 Å². The van der Waals surface area contributed by atoms with E-state index >= 15 is 0 Å². The number of hydrogen-bond acceptors (Lipinski definition) is 3. The number of fused-ring (bicyclic) bond motifs is 1. The molecule has 1 saturated heterocycles. The van der Waals surface area contributed by atoms with Gasteiger partial charge in [-0.25, -0.2) is 0 Å². The predicted octanol–water partition coefficient (Wildman–Crippen LogP) is 2.14. The van der Waals surface area contributed by atoms with E-state index in [1.165, 1.54) is 11.1 Å². The highest BCUT2D eigenvalue weighted by molar-refractivity contribution is 6.07. The average molecular weight is 291 g/mol. The zero-order chi connectivity index (χ0) is 15.6. The number of rotatable bonds is 5. The molecular weight excluding hydrogens is 270 g/mol. The first kappa shape index (κ1) is 15.5. The van der Waals surface area contributed by atoms with Crippen LogP contribution in [0, 0.1) is 11.8 Å². The Labute approximate surface area is 124 Å². The van der Waals surface area contributed by atoms with Crippen LogP contribution in [0.3, 0.4) is 0 Å². The monoisotopic (exact) mass is 291 g/mol. The molecule has 1 heterocycles. The Morgan fingerprint density at radius 3 is 2.62 bits per heavy atom. The van der Waals surface area contributed by atoms with Crippen molar-refractivity contribution in [1.29, 1.82) is 0 Å². The summed E-state index contributed by atoms with van der Waals surface area (Å²) in [4.78, 5) is 36.0. The van der Waals surface area contributed by atoms with Crippen LogP contribution in [-0.2, 0) is 14.4 Å². The molecule has 0 radical (unpaired) electrons. The van der Waals surface area contributed by atoms with E-state index < -0.39 is 12.5 Å². The number of carbonyl (C=O) groups is 3. The first-order valence-corrected chi connectivity index (χ1v) is 7.28. The molecule has 0 aromatic carbocycles. The van der Waals surface area contributed by atoms with Crippen LogP contribution >= 0.6 is 0 Å². The van der Waals surface area contributed by atoms with Crippen LogP contribution in [0.5, 0.6) is 0 Å². The number of carboxylic acids is 1. The van der Waals surface area contributed by atoms with Crippen molar-refractivity contribution in [2.75, 3.05) is 6.54 Å². The normalized spacial score (nSPS) is 24.7. The van der Waals surface area contributed by atoms with Crippen LogP contribution in [0.25, 0.3) is 0 Å². The molecular formula is C16H21NO4. The van der Waals surface area contributed by atoms with E-state index in [9.17, 15) is 14.4 Å². The highest BCUT2D eigenvalue weighted by atomic mass is 16.4. The van der Waals surface area contributed by atoms with E-state index in [0.29, 0.717) is 12.8 Å². The Balaban J connectivity index is 2.02. The van der Waals surface area contributed by atoms with E-state index in [0.717, 1.165) is 17.7 Å². The van der Waals surface area contributed by atoms with Crippen LogP contribution in [0.4, 0.5) is 0 Å². The highest BCUT2D eigenvalue weighted by Gasteiger charge is 2.48. The molecule has 1 aliphatic carbocycles. The summed E-state index contributed by atoms with van der Waals surface area (Å²) in [6.07, 6.45) is 7.18. The van der Waals surface area contributed by atoms with Crippen molar-refractivity contribution in [2.24, 2.45) is 11.8 Å². The number of aliphatic carboxylic acids is 1. The maximum atomic E-state index is 12.2. The first-order valence-electron chi connectivity index (χ1n) is 7.28. The minimum Gasteiger partial charge on any atom is -0.480 e. The molecule has 2 atom stereocenters.